The number of nitrogens with one attached hydrogen (secondary N) is 1. The Labute approximate surface area is 84.6 Å². The van der Waals surface area contributed by atoms with Crippen molar-refractivity contribution in [2.45, 2.75) is 25.3 Å². The van der Waals surface area contributed by atoms with Gasteiger partial charge in [-0.15, -0.1) is 12.3 Å². The summed E-state index contributed by atoms with van der Waals surface area (Å²) in [5, 5.41) is 11.6. The van der Waals surface area contributed by atoms with Gasteiger partial charge in [0.2, 0.25) is 0 Å². The van der Waals surface area contributed by atoms with Crippen LogP contribution >= 0.6 is 0 Å². The molecule has 0 heterocycles. The van der Waals surface area contributed by atoms with Crippen molar-refractivity contribution < 1.29 is 14.6 Å². The quantitative estimate of drug-likeness (QED) is 0.441. The fourth-order valence-corrected chi connectivity index (χ4v) is 1.01. The lowest BCUT2D eigenvalue weighted by Gasteiger charge is -2.12. The van der Waals surface area contributed by atoms with Crippen LogP contribution in [0.5, 0.6) is 0 Å². The molecule has 0 saturated heterocycles. The summed E-state index contributed by atoms with van der Waals surface area (Å²) in [6.45, 7) is 0.840. The fraction of sp³-hybridized carbons (Fsp3) is 0.700. The minimum atomic E-state index is -0.885. The highest BCUT2D eigenvalue weighted by Crippen LogP contribution is 1.93. The second-order valence-corrected chi connectivity index (χ2v) is 2.96. The Morgan fingerprint density at radius 3 is 2.86 bits per heavy atom. The van der Waals surface area contributed by atoms with Crippen molar-refractivity contribution in [3.05, 3.63) is 0 Å². The van der Waals surface area contributed by atoms with Gasteiger partial charge in [0.1, 0.15) is 6.04 Å². The van der Waals surface area contributed by atoms with Gasteiger partial charge in [-0.05, 0) is 19.4 Å². The van der Waals surface area contributed by atoms with Crippen LogP contribution in [0.1, 0.15) is 19.3 Å². The van der Waals surface area contributed by atoms with Gasteiger partial charge < -0.3 is 15.2 Å². The van der Waals surface area contributed by atoms with E-state index in [9.17, 15) is 4.79 Å². The number of methoxy groups -OCH3 is 1. The van der Waals surface area contributed by atoms with Crippen molar-refractivity contribution in [3.63, 3.8) is 0 Å². The summed E-state index contributed by atoms with van der Waals surface area (Å²) in [5.41, 5.74) is 0. The third-order valence-corrected chi connectivity index (χ3v) is 1.77. The first-order valence-electron chi connectivity index (χ1n) is 4.61. The highest BCUT2D eigenvalue weighted by molar-refractivity contribution is 5.73. The summed E-state index contributed by atoms with van der Waals surface area (Å²) in [6.07, 6.45) is 7.63. The standard InChI is InChI=1S/C10H17NO3/c1-3-4-5-6-7-11-9(8-14-2)10(12)13/h1,9,11H,4-8H2,2H3,(H,12,13). The van der Waals surface area contributed by atoms with Crippen molar-refractivity contribution >= 4 is 5.97 Å². The monoisotopic (exact) mass is 199 g/mol. The third kappa shape index (κ3) is 6.46. The van der Waals surface area contributed by atoms with Gasteiger partial charge in [-0.1, -0.05) is 0 Å². The summed E-state index contributed by atoms with van der Waals surface area (Å²) in [5.74, 6) is 1.65. The van der Waals surface area contributed by atoms with E-state index >= 15 is 0 Å². The van der Waals surface area contributed by atoms with E-state index < -0.39 is 12.0 Å². The normalized spacial score (nSPS) is 12.0. The smallest absolute Gasteiger partial charge is 0.323 e. The van der Waals surface area contributed by atoms with E-state index in [4.69, 9.17) is 16.3 Å². The largest absolute Gasteiger partial charge is 0.480 e. The molecule has 1 unspecified atom stereocenters. The van der Waals surface area contributed by atoms with Crippen LogP contribution in [0.15, 0.2) is 0 Å². The first-order chi connectivity index (χ1) is 6.72. The van der Waals surface area contributed by atoms with Gasteiger partial charge in [0.15, 0.2) is 0 Å². The highest BCUT2D eigenvalue weighted by atomic mass is 16.5. The number of ether oxygens (including phenoxy) is 1. The van der Waals surface area contributed by atoms with Crippen LogP contribution in [0.2, 0.25) is 0 Å². The molecular formula is C10H17NO3. The second kappa shape index (κ2) is 8.54. The molecule has 4 heteroatoms. The maximum absolute atomic E-state index is 10.6. The topological polar surface area (TPSA) is 58.6 Å². The summed E-state index contributed by atoms with van der Waals surface area (Å²) in [4.78, 5) is 10.6. The average molecular weight is 199 g/mol. The zero-order valence-electron chi connectivity index (χ0n) is 8.45. The van der Waals surface area contributed by atoms with Crippen molar-refractivity contribution in [2.75, 3.05) is 20.3 Å². The molecule has 0 saturated carbocycles. The van der Waals surface area contributed by atoms with Gasteiger partial charge in [0.25, 0.3) is 0 Å². The van der Waals surface area contributed by atoms with E-state index in [2.05, 4.69) is 11.2 Å². The van der Waals surface area contributed by atoms with Gasteiger partial charge in [0.05, 0.1) is 6.61 Å². The van der Waals surface area contributed by atoms with Gasteiger partial charge in [0, 0.05) is 13.5 Å². The molecule has 14 heavy (non-hydrogen) atoms. The van der Waals surface area contributed by atoms with Crippen LogP contribution in [0, 0.1) is 12.3 Å². The van der Waals surface area contributed by atoms with Gasteiger partial charge in [-0.3, -0.25) is 4.79 Å². The molecule has 0 aliphatic carbocycles. The molecule has 0 fully saturated rings. The van der Waals surface area contributed by atoms with Crippen molar-refractivity contribution in [2.24, 2.45) is 0 Å². The Kier molecular flexibility index (Phi) is 7.90. The number of carbonyl (C=O) groups is 1. The minimum Gasteiger partial charge on any atom is -0.480 e. The Hall–Kier alpha value is -1.05. The number of aliphatic carboxylic acids is 1. The summed E-state index contributed by atoms with van der Waals surface area (Å²) < 4.78 is 4.77. The number of rotatable bonds is 8. The lowest BCUT2D eigenvalue weighted by atomic mass is 10.2. The molecular weight excluding hydrogens is 182 g/mol. The zero-order chi connectivity index (χ0) is 10.8. The van der Waals surface area contributed by atoms with E-state index in [0.717, 1.165) is 19.3 Å². The number of carboxylic acid groups (broad SMARTS) is 1. The van der Waals surface area contributed by atoms with Gasteiger partial charge in [-0.2, -0.15) is 0 Å². The molecule has 0 bridgehead atoms. The third-order valence-electron chi connectivity index (χ3n) is 1.77. The molecule has 0 spiro atoms. The summed E-state index contributed by atoms with van der Waals surface area (Å²) >= 11 is 0. The minimum absolute atomic E-state index is 0.185. The zero-order valence-corrected chi connectivity index (χ0v) is 8.45. The molecule has 1 atom stereocenters. The van der Waals surface area contributed by atoms with Crippen molar-refractivity contribution in [3.8, 4) is 12.3 Å². The molecule has 0 aromatic rings. The number of hydrogen-bond acceptors (Lipinski definition) is 3. The maximum Gasteiger partial charge on any atom is 0.323 e. The first kappa shape index (κ1) is 12.9. The van der Waals surface area contributed by atoms with E-state index in [-0.39, 0.29) is 6.61 Å². The highest BCUT2D eigenvalue weighted by Gasteiger charge is 2.15. The van der Waals surface area contributed by atoms with Crippen LogP contribution in [-0.2, 0) is 9.53 Å². The molecule has 4 nitrogen and oxygen atoms in total. The van der Waals surface area contributed by atoms with E-state index in [1.54, 1.807) is 0 Å². The summed E-state index contributed by atoms with van der Waals surface area (Å²) in [7, 11) is 1.48. The number of unbranched alkanes of at least 4 members (excludes halogenated alkanes) is 2. The molecule has 0 radical (unpaired) electrons. The van der Waals surface area contributed by atoms with Crippen molar-refractivity contribution in [1.82, 2.24) is 5.32 Å². The lowest BCUT2D eigenvalue weighted by Crippen LogP contribution is -2.40. The molecule has 0 rings (SSSR count). The van der Waals surface area contributed by atoms with Crippen LogP contribution in [-0.4, -0.2) is 37.4 Å². The molecule has 0 aliphatic rings. The molecule has 80 valence electrons. The number of carboxylic acids is 1. The Morgan fingerprint density at radius 1 is 1.64 bits per heavy atom. The molecule has 0 aromatic carbocycles. The molecule has 2 N–H and O–H groups in total. The Balaban J connectivity index is 3.52. The Bertz CT molecular complexity index is 198. The average Bonchev–Trinajstić information content (AvgIpc) is 2.15. The first-order valence-corrected chi connectivity index (χ1v) is 4.61. The molecule has 0 aliphatic heterocycles. The number of hydrogen-bond donors (Lipinski definition) is 2. The van der Waals surface area contributed by atoms with Gasteiger partial charge in [-0.25, -0.2) is 0 Å². The van der Waals surface area contributed by atoms with Gasteiger partial charge >= 0.3 is 5.97 Å². The predicted molar refractivity (Wildman–Crippen MR) is 54.0 cm³/mol. The van der Waals surface area contributed by atoms with E-state index in [1.807, 2.05) is 0 Å². The van der Waals surface area contributed by atoms with Crippen LogP contribution in [0.25, 0.3) is 0 Å². The molecule has 0 amide bonds. The molecule has 0 aromatic heterocycles. The van der Waals surface area contributed by atoms with E-state index in [0.29, 0.717) is 6.54 Å². The maximum atomic E-state index is 10.6. The van der Waals surface area contributed by atoms with Crippen LogP contribution in [0.4, 0.5) is 0 Å². The number of terminal acetylenes is 1. The SMILES string of the molecule is C#CCCCCNC(COC)C(=O)O. The van der Waals surface area contributed by atoms with Crippen LogP contribution < -0.4 is 5.32 Å². The van der Waals surface area contributed by atoms with Crippen molar-refractivity contribution in [1.29, 1.82) is 0 Å². The van der Waals surface area contributed by atoms with Crippen LogP contribution in [0.3, 0.4) is 0 Å². The summed E-state index contributed by atoms with van der Waals surface area (Å²) in [6, 6.07) is -0.620. The lowest BCUT2D eigenvalue weighted by molar-refractivity contribution is -0.140. The fourth-order valence-electron chi connectivity index (χ4n) is 1.01. The van der Waals surface area contributed by atoms with E-state index in [1.165, 1.54) is 7.11 Å². The second-order valence-electron chi connectivity index (χ2n) is 2.96. The predicted octanol–water partition coefficient (Wildman–Crippen LogP) is 0.479. The Morgan fingerprint density at radius 2 is 2.36 bits per heavy atom.